The maximum Gasteiger partial charge on any atom is 0.396 e. The van der Waals surface area contributed by atoms with Crippen molar-refractivity contribution < 1.29 is 22.7 Å². The Balaban J connectivity index is 2.30. The lowest BCUT2D eigenvalue weighted by molar-refractivity contribution is -0.187. The Labute approximate surface area is 90.0 Å². The van der Waals surface area contributed by atoms with Gasteiger partial charge in [-0.05, 0) is 5.56 Å². The van der Waals surface area contributed by atoms with Crippen molar-refractivity contribution >= 4 is 5.97 Å². The van der Waals surface area contributed by atoms with Crippen LogP contribution in [0.1, 0.15) is 18.1 Å². The number of carbonyl (C=O) groups is 1. The summed E-state index contributed by atoms with van der Waals surface area (Å²) in [5.74, 6) is -2.53. The quantitative estimate of drug-likeness (QED) is 0.693. The molecule has 0 N–H and O–H groups in total. The van der Waals surface area contributed by atoms with Crippen LogP contribution >= 0.6 is 0 Å². The van der Waals surface area contributed by atoms with E-state index in [9.17, 15) is 18.0 Å². The summed E-state index contributed by atoms with van der Waals surface area (Å²) in [6.07, 6.45) is -6.20. The first-order chi connectivity index (χ1) is 7.48. The van der Waals surface area contributed by atoms with E-state index in [1.165, 1.54) is 12.1 Å². The highest BCUT2D eigenvalue weighted by Gasteiger charge is 2.52. The molecule has 1 heterocycles. The first kappa shape index (κ1) is 11.0. The summed E-state index contributed by atoms with van der Waals surface area (Å²) in [4.78, 5) is 11.0. The molecule has 0 amide bonds. The van der Waals surface area contributed by atoms with E-state index in [0.29, 0.717) is 5.56 Å². The van der Waals surface area contributed by atoms with E-state index in [4.69, 9.17) is 4.74 Å². The molecule has 2 rings (SSSR count). The number of hydrogen-bond acceptors (Lipinski definition) is 2. The Morgan fingerprint density at radius 2 is 1.81 bits per heavy atom. The summed E-state index contributed by atoms with van der Waals surface area (Å²) >= 11 is 0. The van der Waals surface area contributed by atoms with Gasteiger partial charge in [0.25, 0.3) is 0 Å². The molecule has 16 heavy (non-hydrogen) atoms. The third-order valence-corrected chi connectivity index (χ3v) is 2.56. The molecule has 1 aromatic carbocycles. The molecule has 86 valence electrons. The molecule has 0 radical (unpaired) electrons. The fraction of sp³-hybridized carbons (Fsp3) is 0.364. The third kappa shape index (κ3) is 2.03. The van der Waals surface area contributed by atoms with Gasteiger partial charge < -0.3 is 4.74 Å². The van der Waals surface area contributed by atoms with Gasteiger partial charge in [-0.25, -0.2) is 0 Å². The van der Waals surface area contributed by atoms with E-state index in [1.54, 1.807) is 18.2 Å². The van der Waals surface area contributed by atoms with Gasteiger partial charge in [-0.2, -0.15) is 13.2 Å². The molecule has 0 aliphatic carbocycles. The number of ether oxygens (including phenoxy) is 1. The van der Waals surface area contributed by atoms with Crippen LogP contribution in [0.25, 0.3) is 0 Å². The molecular formula is C11H9F3O2. The Morgan fingerprint density at radius 3 is 2.38 bits per heavy atom. The van der Waals surface area contributed by atoms with E-state index >= 15 is 0 Å². The normalized spacial score (nSPS) is 25.6. The number of alkyl halides is 3. The van der Waals surface area contributed by atoms with Crippen molar-refractivity contribution in [1.82, 2.24) is 0 Å². The highest BCUT2D eigenvalue weighted by atomic mass is 19.4. The zero-order chi connectivity index (χ0) is 11.8. The van der Waals surface area contributed by atoms with Gasteiger partial charge in [0.05, 0.1) is 6.42 Å². The molecule has 1 aromatic rings. The van der Waals surface area contributed by atoms with Gasteiger partial charge in [-0.15, -0.1) is 0 Å². The summed E-state index contributed by atoms with van der Waals surface area (Å²) in [6.45, 7) is 0. The van der Waals surface area contributed by atoms with Crippen molar-refractivity contribution in [2.45, 2.75) is 18.7 Å². The maximum absolute atomic E-state index is 12.6. The van der Waals surface area contributed by atoms with Gasteiger partial charge in [0.1, 0.15) is 12.0 Å². The van der Waals surface area contributed by atoms with Crippen LogP contribution in [0.5, 0.6) is 0 Å². The van der Waals surface area contributed by atoms with Crippen LogP contribution in [0.15, 0.2) is 30.3 Å². The minimum Gasteiger partial charge on any atom is -0.457 e. The molecule has 5 heteroatoms. The van der Waals surface area contributed by atoms with Crippen LogP contribution in [0.2, 0.25) is 0 Å². The molecule has 1 aliphatic heterocycles. The fourth-order valence-electron chi connectivity index (χ4n) is 1.79. The molecule has 1 aliphatic rings. The van der Waals surface area contributed by atoms with Crippen LogP contribution < -0.4 is 0 Å². The van der Waals surface area contributed by atoms with Gasteiger partial charge in [0.2, 0.25) is 0 Å². The van der Waals surface area contributed by atoms with Crippen molar-refractivity contribution in [2.75, 3.05) is 0 Å². The molecule has 0 bridgehead atoms. The Hall–Kier alpha value is -1.52. The monoisotopic (exact) mass is 230 g/mol. The molecular weight excluding hydrogens is 221 g/mol. The standard InChI is InChI=1S/C11H9F3O2/c12-11(13,14)8-6-9(15)16-10(8)7-4-2-1-3-5-7/h1-5,8,10H,6H2/t8-,10+/m1/s1. The maximum atomic E-state index is 12.6. The second-order valence-corrected chi connectivity index (χ2v) is 3.67. The smallest absolute Gasteiger partial charge is 0.396 e. The number of halogens is 3. The van der Waals surface area contributed by atoms with Gasteiger partial charge in [0, 0.05) is 0 Å². The van der Waals surface area contributed by atoms with Crippen molar-refractivity contribution in [2.24, 2.45) is 5.92 Å². The van der Waals surface area contributed by atoms with E-state index in [2.05, 4.69) is 0 Å². The molecule has 0 unspecified atom stereocenters. The molecule has 2 nitrogen and oxygen atoms in total. The highest BCUT2D eigenvalue weighted by molar-refractivity contribution is 5.72. The number of esters is 1. The number of hydrogen-bond donors (Lipinski definition) is 0. The lowest BCUT2D eigenvalue weighted by Crippen LogP contribution is -2.25. The van der Waals surface area contributed by atoms with Gasteiger partial charge in [-0.3, -0.25) is 4.79 Å². The fourth-order valence-corrected chi connectivity index (χ4v) is 1.79. The predicted octanol–water partition coefficient (Wildman–Crippen LogP) is 2.85. The van der Waals surface area contributed by atoms with E-state index < -0.39 is 30.6 Å². The van der Waals surface area contributed by atoms with E-state index in [-0.39, 0.29) is 0 Å². The average molecular weight is 230 g/mol. The predicted molar refractivity (Wildman–Crippen MR) is 49.4 cm³/mol. The zero-order valence-electron chi connectivity index (χ0n) is 8.20. The minimum absolute atomic E-state index is 0.385. The van der Waals surface area contributed by atoms with Gasteiger partial charge in [-0.1, -0.05) is 30.3 Å². The second-order valence-electron chi connectivity index (χ2n) is 3.67. The summed E-state index contributed by atoms with van der Waals surface area (Å²) < 4.78 is 42.6. The van der Waals surface area contributed by atoms with E-state index in [0.717, 1.165) is 0 Å². The first-order valence-electron chi connectivity index (χ1n) is 4.79. The topological polar surface area (TPSA) is 26.3 Å². The second kappa shape index (κ2) is 3.81. The molecule has 0 aromatic heterocycles. The summed E-state index contributed by atoms with van der Waals surface area (Å²) in [7, 11) is 0. The van der Waals surface area contributed by atoms with Gasteiger partial charge >= 0.3 is 12.1 Å². The van der Waals surface area contributed by atoms with Crippen LogP contribution in [0, 0.1) is 5.92 Å². The molecule has 0 spiro atoms. The van der Waals surface area contributed by atoms with Crippen molar-refractivity contribution in [3.05, 3.63) is 35.9 Å². The first-order valence-corrected chi connectivity index (χ1v) is 4.79. The lowest BCUT2D eigenvalue weighted by atomic mass is 9.95. The summed E-state index contributed by atoms with van der Waals surface area (Å²) in [5.41, 5.74) is 0.385. The number of cyclic esters (lactones) is 1. The van der Waals surface area contributed by atoms with E-state index in [1.807, 2.05) is 0 Å². The van der Waals surface area contributed by atoms with Crippen molar-refractivity contribution in [3.63, 3.8) is 0 Å². The minimum atomic E-state index is -4.41. The van der Waals surface area contributed by atoms with Crippen LogP contribution in [-0.4, -0.2) is 12.1 Å². The zero-order valence-corrected chi connectivity index (χ0v) is 8.20. The number of benzene rings is 1. The van der Waals surface area contributed by atoms with Crippen molar-refractivity contribution in [3.8, 4) is 0 Å². The molecule has 2 atom stereocenters. The SMILES string of the molecule is O=C1C[C@@H](C(F)(F)F)[C@H](c2ccccc2)O1. The third-order valence-electron chi connectivity index (χ3n) is 2.56. The van der Waals surface area contributed by atoms with Crippen LogP contribution in [-0.2, 0) is 9.53 Å². The molecule has 0 saturated carbocycles. The summed E-state index contributed by atoms with van der Waals surface area (Å²) in [6, 6.07) is 8.00. The summed E-state index contributed by atoms with van der Waals surface area (Å²) in [5, 5.41) is 0. The Kier molecular flexibility index (Phi) is 2.61. The Bertz CT molecular complexity index is 386. The lowest BCUT2D eigenvalue weighted by Gasteiger charge is -2.20. The number of rotatable bonds is 1. The van der Waals surface area contributed by atoms with Gasteiger partial charge in [0.15, 0.2) is 0 Å². The Morgan fingerprint density at radius 1 is 1.19 bits per heavy atom. The average Bonchev–Trinajstić information content (AvgIpc) is 2.61. The highest BCUT2D eigenvalue weighted by Crippen LogP contribution is 2.44. The van der Waals surface area contributed by atoms with Crippen molar-refractivity contribution in [1.29, 1.82) is 0 Å². The van der Waals surface area contributed by atoms with Crippen LogP contribution in [0.4, 0.5) is 13.2 Å². The van der Waals surface area contributed by atoms with Crippen LogP contribution in [0.3, 0.4) is 0 Å². The number of carbonyl (C=O) groups excluding carboxylic acids is 1. The molecule has 1 fully saturated rings. The largest absolute Gasteiger partial charge is 0.457 e. The molecule has 1 saturated heterocycles.